The Kier molecular flexibility index (Phi) is 3.87. The van der Waals surface area contributed by atoms with Crippen molar-refractivity contribution < 1.29 is 14.1 Å². The molecule has 0 N–H and O–H groups in total. The summed E-state index contributed by atoms with van der Waals surface area (Å²) in [5, 5.41) is 4.13. The minimum atomic E-state index is -0.405. The third kappa shape index (κ3) is 2.39. The van der Waals surface area contributed by atoms with E-state index in [1.807, 2.05) is 0 Å². The largest absolute Gasteiger partial charge is 0.370 e. The molecule has 1 aromatic heterocycles. The summed E-state index contributed by atoms with van der Waals surface area (Å²) in [6, 6.07) is 0. The molecule has 0 aromatic carbocycles. The van der Waals surface area contributed by atoms with Gasteiger partial charge in [-0.15, -0.1) is 0 Å². The quantitative estimate of drug-likeness (QED) is 0.850. The average Bonchev–Trinajstić information content (AvgIpc) is 2.98. The Hall–Kier alpha value is -1.23. The first-order valence-electron chi connectivity index (χ1n) is 7.67. The van der Waals surface area contributed by atoms with E-state index in [1.54, 1.807) is 7.11 Å². The summed E-state index contributed by atoms with van der Waals surface area (Å²) in [7, 11) is 1.72. The molecule has 1 aromatic rings. The van der Waals surface area contributed by atoms with Gasteiger partial charge in [0, 0.05) is 13.5 Å². The van der Waals surface area contributed by atoms with Gasteiger partial charge in [-0.25, -0.2) is 0 Å². The van der Waals surface area contributed by atoms with Crippen LogP contribution in [0.4, 0.5) is 0 Å². The molecule has 2 aliphatic carbocycles. The molecular weight excluding hydrogens is 256 g/mol. The van der Waals surface area contributed by atoms with Crippen LogP contribution < -0.4 is 0 Å². The van der Waals surface area contributed by atoms with E-state index < -0.39 is 5.60 Å². The van der Waals surface area contributed by atoms with E-state index in [-0.39, 0.29) is 11.7 Å². The minimum absolute atomic E-state index is 0.192. The van der Waals surface area contributed by atoms with Crippen LogP contribution in [0.1, 0.15) is 75.4 Å². The zero-order valence-electron chi connectivity index (χ0n) is 12.1. The first kappa shape index (κ1) is 13.7. The summed E-state index contributed by atoms with van der Waals surface area (Å²) in [5.74, 6) is 1.17. The molecule has 20 heavy (non-hydrogen) atoms. The van der Waals surface area contributed by atoms with Gasteiger partial charge in [0.2, 0.25) is 11.7 Å². The van der Waals surface area contributed by atoms with Crippen molar-refractivity contribution in [3.8, 4) is 0 Å². The van der Waals surface area contributed by atoms with Crippen LogP contribution in [0.3, 0.4) is 0 Å². The highest BCUT2D eigenvalue weighted by atomic mass is 16.5. The summed E-state index contributed by atoms with van der Waals surface area (Å²) in [5.41, 5.74) is -0.405. The molecule has 0 aliphatic heterocycles. The van der Waals surface area contributed by atoms with Crippen molar-refractivity contribution in [1.29, 1.82) is 0 Å². The molecule has 5 heteroatoms. The Morgan fingerprint density at radius 2 is 2.00 bits per heavy atom. The molecule has 0 bridgehead atoms. The zero-order chi connectivity index (χ0) is 14.0. The number of nitrogens with zero attached hydrogens (tertiary/aromatic N) is 2. The molecule has 3 rings (SSSR count). The standard InChI is InChI=1S/C15H22N2O3/c1-19-15(9-5-2-6-10-15)14-16-13(20-17-14)11-7-3-4-8-12(11)18/h11H,2-10H2,1H3. The van der Waals surface area contributed by atoms with Crippen LogP contribution >= 0.6 is 0 Å². The maximum atomic E-state index is 12.0. The van der Waals surface area contributed by atoms with Crippen molar-refractivity contribution in [3.63, 3.8) is 0 Å². The molecule has 0 amide bonds. The van der Waals surface area contributed by atoms with E-state index >= 15 is 0 Å². The SMILES string of the molecule is COC1(c2noc(C3CCCCC3=O)n2)CCCCC1. The zero-order valence-corrected chi connectivity index (χ0v) is 12.1. The van der Waals surface area contributed by atoms with Crippen molar-refractivity contribution in [2.75, 3.05) is 7.11 Å². The van der Waals surface area contributed by atoms with Crippen molar-refractivity contribution in [2.24, 2.45) is 0 Å². The maximum absolute atomic E-state index is 12.0. The Morgan fingerprint density at radius 3 is 2.70 bits per heavy atom. The summed E-state index contributed by atoms with van der Waals surface area (Å²) >= 11 is 0. The van der Waals surface area contributed by atoms with Crippen LogP contribution in [0, 0.1) is 0 Å². The highest BCUT2D eigenvalue weighted by Crippen LogP contribution is 2.39. The average molecular weight is 278 g/mol. The van der Waals surface area contributed by atoms with Crippen LogP contribution in [0.2, 0.25) is 0 Å². The van der Waals surface area contributed by atoms with Crippen LogP contribution in [0.15, 0.2) is 4.52 Å². The molecule has 5 nitrogen and oxygen atoms in total. The van der Waals surface area contributed by atoms with Gasteiger partial charge in [0.05, 0.1) is 5.92 Å². The third-order valence-corrected chi connectivity index (χ3v) is 4.75. The predicted molar refractivity (Wildman–Crippen MR) is 72.3 cm³/mol. The summed E-state index contributed by atoms with van der Waals surface area (Å²) in [6.07, 6.45) is 8.86. The van der Waals surface area contributed by atoms with Gasteiger partial charge in [0.25, 0.3) is 0 Å². The summed E-state index contributed by atoms with van der Waals surface area (Å²) in [4.78, 5) is 16.5. The Labute approximate surface area is 119 Å². The highest BCUT2D eigenvalue weighted by Gasteiger charge is 2.40. The number of methoxy groups -OCH3 is 1. The number of carbonyl (C=O) groups is 1. The van der Waals surface area contributed by atoms with Crippen LogP contribution in [0.5, 0.6) is 0 Å². The van der Waals surface area contributed by atoms with E-state index in [1.165, 1.54) is 6.42 Å². The lowest BCUT2D eigenvalue weighted by Gasteiger charge is -2.32. The van der Waals surface area contributed by atoms with Gasteiger partial charge in [0.15, 0.2) is 0 Å². The van der Waals surface area contributed by atoms with Gasteiger partial charge in [-0.05, 0) is 25.7 Å². The lowest BCUT2D eigenvalue weighted by Crippen LogP contribution is -2.32. The van der Waals surface area contributed by atoms with Crippen molar-refractivity contribution in [3.05, 3.63) is 11.7 Å². The van der Waals surface area contributed by atoms with Crippen molar-refractivity contribution in [1.82, 2.24) is 10.1 Å². The fraction of sp³-hybridized carbons (Fsp3) is 0.800. The number of ketones is 1. The van der Waals surface area contributed by atoms with Gasteiger partial charge in [-0.2, -0.15) is 4.98 Å². The fourth-order valence-corrected chi connectivity index (χ4v) is 3.45. The molecule has 2 fully saturated rings. The van der Waals surface area contributed by atoms with E-state index in [9.17, 15) is 4.79 Å². The smallest absolute Gasteiger partial charge is 0.237 e. The molecular formula is C15H22N2O3. The molecule has 110 valence electrons. The predicted octanol–water partition coefficient (Wildman–Crippen LogP) is 3.10. The lowest BCUT2D eigenvalue weighted by molar-refractivity contribution is -0.122. The Bertz CT molecular complexity index is 477. The second-order valence-corrected chi connectivity index (χ2v) is 5.98. The van der Waals surface area contributed by atoms with E-state index in [0.29, 0.717) is 18.1 Å². The number of hydrogen-bond donors (Lipinski definition) is 0. The lowest BCUT2D eigenvalue weighted by atomic mass is 9.84. The van der Waals surface area contributed by atoms with Crippen LogP contribution in [0.25, 0.3) is 0 Å². The molecule has 0 saturated heterocycles. The van der Waals surface area contributed by atoms with E-state index in [4.69, 9.17) is 9.26 Å². The molecule has 2 aliphatic rings. The van der Waals surface area contributed by atoms with Crippen molar-refractivity contribution in [2.45, 2.75) is 69.3 Å². The summed E-state index contributed by atoms with van der Waals surface area (Å²) < 4.78 is 11.1. The first-order valence-corrected chi connectivity index (χ1v) is 7.67. The minimum Gasteiger partial charge on any atom is -0.370 e. The Balaban J connectivity index is 1.83. The molecule has 1 atom stereocenters. The van der Waals surface area contributed by atoms with Gasteiger partial charge < -0.3 is 9.26 Å². The van der Waals surface area contributed by atoms with E-state index in [2.05, 4.69) is 10.1 Å². The number of hydrogen-bond acceptors (Lipinski definition) is 5. The van der Waals surface area contributed by atoms with Gasteiger partial charge in [0.1, 0.15) is 11.4 Å². The second kappa shape index (κ2) is 5.64. The summed E-state index contributed by atoms with van der Waals surface area (Å²) in [6.45, 7) is 0. The van der Waals surface area contributed by atoms with Crippen LogP contribution in [-0.2, 0) is 15.1 Å². The second-order valence-electron chi connectivity index (χ2n) is 5.98. The number of Topliss-reactive ketones (excluding diaryl/α,β-unsaturated/α-hetero) is 1. The van der Waals surface area contributed by atoms with Gasteiger partial charge in [-0.3, -0.25) is 4.79 Å². The van der Waals surface area contributed by atoms with Gasteiger partial charge >= 0.3 is 0 Å². The highest BCUT2D eigenvalue weighted by molar-refractivity contribution is 5.85. The fourth-order valence-electron chi connectivity index (χ4n) is 3.45. The van der Waals surface area contributed by atoms with Crippen LogP contribution in [-0.4, -0.2) is 23.0 Å². The normalized spacial score (nSPS) is 26.6. The molecule has 0 radical (unpaired) electrons. The molecule has 1 heterocycles. The number of carbonyl (C=O) groups excluding carboxylic acids is 1. The Morgan fingerprint density at radius 1 is 1.20 bits per heavy atom. The third-order valence-electron chi connectivity index (χ3n) is 4.75. The number of aromatic nitrogens is 2. The first-order chi connectivity index (χ1) is 9.75. The number of ether oxygens (including phenoxy) is 1. The molecule has 0 spiro atoms. The number of rotatable bonds is 3. The maximum Gasteiger partial charge on any atom is 0.237 e. The van der Waals surface area contributed by atoms with Gasteiger partial charge in [-0.1, -0.05) is 30.8 Å². The topological polar surface area (TPSA) is 65.2 Å². The molecule has 1 unspecified atom stereocenters. The van der Waals surface area contributed by atoms with E-state index in [0.717, 1.165) is 44.9 Å². The van der Waals surface area contributed by atoms with Crippen molar-refractivity contribution >= 4 is 5.78 Å². The monoisotopic (exact) mass is 278 g/mol. The molecule has 2 saturated carbocycles.